The fraction of sp³-hybridized carbons (Fsp3) is 0.300. The Morgan fingerprint density at radius 2 is 1.67 bits per heavy atom. The van der Waals surface area contributed by atoms with Gasteiger partial charge >= 0.3 is 6.61 Å². The Morgan fingerprint density at radius 3 is 2.33 bits per heavy atom. The van der Waals surface area contributed by atoms with Gasteiger partial charge in [-0.15, -0.1) is 0 Å². The minimum atomic E-state index is -2.93. The highest BCUT2D eigenvalue weighted by molar-refractivity contribution is 5.95. The molecule has 0 spiro atoms. The molecule has 2 aromatic rings. The predicted molar refractivity (Wildman–Crippen MR) is 95.9 cm³/mol. The van der Waals surface area contributed by atoms with Crippen molar-refractivity contribution in [3.8, 4) is 5.75 Å². The Morgan fingerprint density at radius 1 is 1.00 bits per heavy atom. The van der Waals surface area contributed by atoms with Crippen molar-refractivity contribution >= 4 is 11.8 Å². The second kappa shape index (κ2) is 8.62. The Labute approximate surface area is 155 Å². The van der Waals surface area contributed by atoms with Gasteiger partial charge in [0, 0.05) is 30.3 Å². The maximum Gasteiger partial charge on any atom is 0.387 e. The molecule has 1 N–H and O–H groups in total. The third kappa shape index (κ3) is 5.03. The van der Waals surface area contributed by atoms with Gasteiger partial charge in [0.25, 0.3) is 11.8 Å². The Kier molecular flexibility index (Phi) is 6.01. The molecule has 3 rings (SSSR count). The lowest BCUT2D eigenvalue weighted by Gasteiger charge is -2.32. The van der Waals surface area contributed by atoms with E-state index in [1.807, 2.05) is 18.2 Å². The fourth-order valence-corrected chi connectivity index (χ4v) is 3.07. The molecule has 1 heterocycles. The van der Waals surface area contributed by atoms with Crippen LogP contribution in [0.25, 0.3) is 0 Å². The van der Waals surface area contributed by atoms with Gasteiger partial charge in [-0.3, -0.25) is 9.59 Å². The number of hydrogen-bond acceptors (Lipinski definition) is 3. The molecule has 0 unspecified atom stereocenters. The number of carbonyl (C=O) groups excluding carboxylic acids is 2. The lowest BCUT2D eigenvalue weighted by Crippen LogP contribution is -2.46. The number of halogens is 2. The SMILES string of the molecule is O=C(NC1CCN(C(=O)c2cccc(OC(F)F)c2)CC1)c1ccccc1. The second-order valence-corrected chi connectivity index (χ2v) is 6.31. The minimum absolute atomic E-state index is 0.00439. The average Bonchev–Trinajstić information content (AvgIpc) is 2.68. The summed E-state index contributed by atoms with van der Waals surface area (Å²) in [6.07, 6.45) is 1.27. The zero-order valence-corrected chi connectivity index (χ0v) is 14.6. The van der Waals surface area contributed by atoms with Crippen molar-refractivity contribution in [3.63, 3.8) is 0 Å². The molecule has 0 saturated carbocycles. The molecule has 27 heavy (non-hydrogen) atoms. The summed E-state index contributed by atoms with van der Waals surface area (Å²) < 4.78 is 29.0. The molecule has 5 nitrogen and oxygen atoms in total. The van der Waals surface area contributed by atoms with E-state index in [-0.39, 0.29) is 23.6 Å². The molecular weight excluding hydrogens is 354 g/mol. The van der Waals surface area contributed by atoms with Crippen molar-refractivity contribution < 1.29 is 23.1 Å². The van der Waals surface area contributed by atoms with Gasteiger partial charge in [0.15, 0.2) is 0 Å². The van der Waals surface area contributed by atoms with E-state index in [2.05, 4.69) is 10.1 Å². The highest BCUT2D eigenvalue weighted by Crippen LogP contribution is 2.19. The van der Waals surface area contributed by atoms with Crippen molar-refractivity contribution in [2.45, 2.75) is 25.5 Å². The van der Waals surface area contributed by atoms with Crippen LogP contribution in [0.2, 0.25) is 0 Å². The van der Waals surface area contributed by atoms with Gasteiger partial charge in [0.05, 0.1) is 0 Å². The largest absolute Gasteiger partial charge is 0.435 e. The number of likely N-dealkylation sites (tertiary alicyclic amines) is 1. The van der Waals surface area contributed by atoms with E-state index in [9.17, 15) is 18.4 Å². The van der Waals surface area contributed by atoms with Crippen LogP contribution in [0.4, 0.5) is 8.78 Å². The van der Waals surface area contributed by atoms with E-state index in [1.54, 1.807) is 23.1 Å². The fourth-order valence-electron chi connectivity index (χ4n) is 3.07. The average molecular weight is 374 g/mol. The molecule has 0 bridgehead atoms. The molecule has 0 aliphatic carbocycles. The molecule has 1 fully saturated rings. The normalized spacial score (nSPS) is 14.9. The number of rotatable bonds is 5. The summed E-state index contributed by atoms with van der Waals surface area (Å²) in [4.78, 5) is 26.5. The van der Waals surface area contributed by atoms with Gasteiger partial charge < -0.3 is 15.0 Å². The number of hydrogen-bond donors (Lipinski definition) is 1. The van der Waals surface area contributed by atoms with Crippen molar-refractivity contribution in [1.29, 1.82) is 0 Å². The smallest absolute Gasteiger partial charge is 0.387 e. The predicted octanol–water partition coefficient (Wildman–Crippen LogP) is 3.32. The minimum Gasteiger partial charge on any atom is -0.435 e. The third-order valence-electron chi connectivity index (χ3n) is 4.46. The summed E-state index contributed by atoms with van der Waals surface area (Å²) in [5.74, 6) is -0.402. The number of benzene rings is 2. The maximum atomic E-state index is 12.6. The van der Waals surface area contributed by atoms with E-state index >= 15 is 0 Å². The molecule has 0 aromatic heterocycles. The number of piperidine rings is 1. The van der Waals surface area contributed by atoms with Crippen molar-refractivity contribution in [2.24, 2.45) is 0 Å². The summed E-state index contributed by atoms with van der Waals surface area (Å²) in [7, 11) is 0. The summed E-state index contributed by atoms with van der Waals surface area (Å²) in [6.45, 7) is -1.96. The highest BCUT2D eigenvalue weighted by Gasteiger charge is 2.25. The van der Waals surface area contributed by atoms with Crippen LogP contribution in [-0.2, 0) is 0 Å². The molecule has 2 aromatic carbocycles. The Balaban J connectivity index is 1.54. The highest BCUT2D eigenvalue weighted by atomic mass is 19.3. The van der Waals surface area contributed by atoms with Crippen molar-refractivity contribution in [3.05, 3.63) is 65.7 Å². The van der Waals surface area contributed by atoms with Crippen LogP contribution in [0, 0.1) is 0 Å². The molecule has 0 atom stereocenters. The van der Waals surface area contributed by atoms with Gasteiger partial charge in [0.1, 0.15) is 5.75 Å². The molecule has 0 radical (unpaired) electrons. The van der Waals surface area contributed by atoms with E-state index in [4.69, 9.17) is 0 Å². The monoisotopic (exact) mass is 374 g/mol. The molecule has 1 saturated heterocycles. The summed E-state index contributed by atoms with van der Waals surface area (Å²) >= 11 is 0. The summed E-state index contributed by atoms with van der Waals surface area (Å²) in [5, 5.41) is 2.98. The van der Waals surface area contributed by atoms with E-state index in [0.717, 1.165) is 0 Å². The number of ether oxygens (including phenoxy) is 1. The zero-order valence-electron chi connectivity index (χ0n) is 14.6. The van der Waals surface area contributed by atoms with Crippen molar-refractivity contribution in [2.75, 3.05) is 13.1 Å². The van der Waals surface area contributed by atoms with Crippen LogP contribution >= 0.6 is 0 Å². The topological polar surface area (TPSA) is 58.6 Å². The zero-order chi connectivity index (χ0) is 19.2. The lowest BCUT2D eigenvalue weighted by molar-refractivity contribution is -0.0499. The van der Waals surface area contributed by atoms with E-state index in [1.165, 1.54) is 18.2 Å². The number of amides is 2. The molecular formula is C20H20F2N2O3. The van der Waals surface area contributed by atoms with Gasteiger partial charge in [-0.2, -0.15) is 8.78 Å². The number of carbonyl (C=O) groups is 2. The standard InChI is InChI=1S/C20H20F2N2O3/c21-20(22)27-17-8-4-7-15(13-17)19(26)24-11-9-16(10-12-24)23-18(25)14-5-2-1-3-6-14/h1-8,13,16,20H,9-12H2,(H,23,25). The van der Waals surface area contributed by atoms with Crippen LogP contribution in [0.15, 0.2) is 54.6 Å². The Bertz CT molecular complexity index is 791. The van der Waals surface area contributed by atoms with Gasteiger partial charge in [-0.25, -0.2) is 0 Å². The van der Waals surface area contributed by atoms with E-state index in [0.29, 0.717) is 37.1 Å². The summed E-state index contributed by atoms with van der Waals surface area (Å²) in [6, 6.07) is 14.8. The van der Waals surface area contributed by atoms with Gasteiger partial charge in [-0.1, -0.05) is 24.3 Å². The number of nitrogens with one attached hydrogen (secondary N) is 1. The van der Waals surface area contributed by atoms with Gasteiger partial charge in [-0.05, 0) is 43.2 Å². The van der Waals surface area contributed by atoms with Crippen LogP contribution in [0.3, 0.4) is 0 Å². The first-order valence-corrected chi connectivity index (χ1v) is 8.73. The van der Waals surface area contributed by atoms with Gasteiger partial charge in [0.2, 0.25) is 0 Å². The number of nitrogens with zero attached hydrogens (tertiary/aromatic N) is 1. The first-order chi connectivity index (χ1) is 13.0. The molecule has 7 heteroatoms. The first-order valence-electron chi connectivity index (χ1n) is 8.73. The van der Waals surface area contributed by atoms with Crippen LogP contribution in [-0.4, -0.2) is 42.5 Å². The third-order valence-corrected chi connectivity index (χ3v) is 4.46. The molecule has 1 aliphatic rings. The van der Waals surface area contributed by atoms with E-state index < -0.39 is 6.61 Å². The van der Waals surface area contributed by atoms with Crippen LogP contribution in [0.5, 0.6) is 5.75 Å². The molecule has 1 aliphatic heterocycles. The maximum absolute atomic E-state index is 12.6. The summed E-state index contributed by atoms with van der Waals surface area (Å²) in [5.41, 5.74) is 0.909. The Hall–Kier alpha value is -2.96. The first kappa shape index (κ1) is 18.8. The van der Waals surface area contributed by atoms with Crippen molar-refractivity contribution in [1.82, 2.24) is 10.2 Å². The quantitative estimate of drug-likeness (QED) is 0.873. The van der Waals surface area contributed by atoms with Crippen LogP contribution in [0.1, 0.15) is 33.6 Å². The second-order valence-electron chi connectivity index (χ2n) is 6.31. The number of alkyl halides is 2. The van der Waals surface area contributed by atoms with Crippen LogP contribution < -0.4 is 10.1 Å². The molecule has 142 valence electrons. The lowest BCUT2D eigenvalue weighted by atomic mass is 10.0. The molecule has 2 amide bonds.